The fraction of sp³-hybridized carbons (Fsp3) is 0.686. The number of aliphatic imine (C=N–C) groups is 1. The van der Waals surface area contributed by atoms with Crippen molar-refractivity contribution in [3.8, 4) is 0 Å². The van der Waals surface area contributed by atoms with E-state index in [-0.39, 0.29) is 54.2 Å². The predicted octanol–water partition coefficient (Wildman–Crippen LogP) is 3.52. The Balaban J connectivity index is 1.43. The van der Waals surface area contributed by atoms with Crippen LogP contribution < -0.4 is 5.32 Å². The Morgan fingerprint density at radius 1 is 0.875 bits per heavy atom. The number of carbonyl (C=O) groups is 7. The average molecular weight is 1030 g/mol. The summed E-state index contributed by atoms with van der Waals surface area (Å²) in [6.07, 6.45) is 4.04. The van der Waals surface area contributed by atoms with E-state index in [4.69, 9.17) is 14.5 Å². The second-order valence-electron chi connectivity index (χ2n) is 20.0. The van der Waals surface area contributed by atoms with Gasteiger partial charge in [-0.05, 0) is 43.1 Å². The topological polar surface area (TPSA) is 239 Å². The van der Waals surface area contributed by atoms with Crippen molar-refractivity contribution in [3.63, 3.8) is 0 Å². The molecular weight excluding hydrogens is 948 g/mol. The molecule has 402 valence electrons. The van der Waals surface area contributed by atoms with E-state index < -0.39 is 67.4 Å². The molecule has 3 N–H and O–H groups in total. The molecule has 1 aromatic carbocycles. The lowest BCUT2D eigenvalue weighted by molar-refractivity contribution is -0.146. The number of rotatable bonds is 26. The zero-order valence-corrected chi connectivity index (χ0v) is 45.0. The van der Waals surface area contributed by atoms with Gasteiger partial charge >= 0.3 is 5.97 Å². The molecule has 4 rings (SSSR count). The summed E-state index contributed by atoms with van der Waals surface area (Å²) >= 11 is 0. The molecule has 72 heavy (non-hydrogen) atoms. The van der Waals surface area contributed by atoms with Crippen LogP contribution in [-0.4, -0.2) is 204 Å². The number of methoxy groups -OCH3 is 2. The molecule has 0 bridgehead atoms. The standard InChI is InChI=1S/C51H81N8O12P/c1-11-35(4)47(55(8)50(67)46(34(2)3)53-51(54(6)7)57-29-27-56(28-30-57)41(60)22-16-13-17-25-59-42(61)23-24-43(59)62)39(70-9)32-44(63)58-26-18-21-38(58)48(71-10)36(5)49(66)52-40(72(68,69)33-45(64)65)31-37-19-14-12-15-20-37/h12,14-15,19-20,23-24,34-36,38-40,46-48H,11,13,16-18,21-22,25-33H2,1-10H3,(H,52,66)(H,64,65)(H,68,69)/t35-,36+,38-,39+,40+,46-,47-,48+/m0/s1. The van der Waals surface area contributed by atoms with Crippen molar-refractivity contribution in [2.45, 2.75) is 129 Å². The number of hydrogen-bond donors (Lipinski definition) is 3. The van der Waals surface area contributed by atoms with Crippen LogP contribution in [0.1, 0.15) is 91.5 Å². The molecule has 2 saturated heterocycles. The highest BCUT2D eigenvalue weighted by Crippen LogP contribution is 2.46. The maximum Gasteiger partial charge on any atom is 0.313 e. The fourth-order valence-electron chi connectivity index (χ4n) is 10.0. The molecule has 2 fully saturated rings. The third-order valence-electron chi connectivity index (χ3n) is 14.3. The van der Waals surface area contributed by atoms with Gasteiger partial charge in [0.15, 0.2) is 5.96 Å². The summed E-state index contributed by atoms with van der Waals surface area (Å²) < 4.78 is 25.4. The van der Waals surface area contributed by atoms with Crippen LogP contribution in [0.3, 0.4) is 0 Å². The quantitative estimate of drug-likeness (QED) is 0.0396. The zero-order chi connectivity index (χ0) is 53.4. The molecule has 3 aliphatic heterocycles. The second kappa shape index (κ2) is 27.8. The number of nitrogens with one attached hydrogen (secondary N) is 1. The van der Waals surface area contributed by atoms with Gasteiger partial charge in [0.2, 0.25) is 31.0 Å². The number of imide groups is 1. The number of carboxylic acids is 1. The van der Waals surface area contributed by atoms with Gasteiger partial charge in [0, 0.05) is 99.6 Å². The lowest BCUT2D eigenvalue weighted by atomic mass is 9.89. The molecule has 21 heteroatoms. The molecule has 3 heterocycles. The first-order valence-electron chi connectivity index (χ1n) is 25.4. The van der Waals surface area contributed by atoms with E-state index in [1.165, 1.54) is 31.3 Å². The SMILES string of the molecule is CC[C@H](C)[C@@H]([C@@H](CC(=O)N1CCC[C@H]1[C@H](OC)[C@@H](C)C(=O)N[C@@H](Cc1ccccc1)P(=O)(O)CC(=O)O)OC)N(C)C(=O)[C@@H](N=C(N(C)C)N1CCN(C(=O)CCCCCN2C(=O)C=CC2=O)CC1)C(C)C. The fourth-order valence-corrected chi connectivity index (χ4v) is 11.5. The average Bonchev–Trinajstić information content (AvgIpc) is 3.96. The summed E-state index contributed by atoms with van der Waals surface area (Å²) in [5.74, 6) is -5.08. The summed E-state index contributed by atoms with van der Waals surface area (Å²) in [5, 5.41) is 12.1. The third-order valence-corrected chi connectivity index (χ3v) is 16.3. The Morgan fingerprint density at radius 2 is 1.50 bits per heavy atom. The third kappa shape index (κ3) is 15.9. The van der Waals surface area contributed by atoms with E-state index in [1.54, 1.807) is 54.1 Å². The van der Waals surface area contributed by atoms with Crippen LogP contribution in [0.2, 0.25) is 0 Å². The minimum absolute atomic E-state index is 0.0456. The van der Waals surface area contributed by atoms with Crippen LogP contribution in [-0.2, 0) is 54.0 Å². The van der Waals surface area contributed by atoms with E-state index in [0.717, 1.165) is 0 Å². The van der Waals surface area contributed by atoms with Gasteiger partial charge in [0.05, 0.1) is 36.6 Å². The van der Waals surface area contributed by atoms with Crippen LogP contribution >= 0.6 is 7.37 Å². The first kappa shape index (κ1) is 59.4. The maximum atomic E-state index is 14.8. The van der Waals surface area contributed by atoms with Crippen molar-refractivity contribution in [2.75, 3.05) is 80.8 Å². The normalized spacial score (nSPS) is 20.2. The molecule has 0 saturated carbocycles. The minimum atomic E-state index is -4.43. The number of piperazine rings is 1. The summed E-state index contributed by atoms with van der Waals surface area (Å²) in [6.45, 7) is 12.3. The summed E-state index contributed by atoms with van der Waals surface area (Å²) in [5.41, 5.74) is 0.641. The van der Waals surface area contributed by atoms with Gasteiger partial charge in [-0.1, -0.05) is 77.8 Å². The van der Waals surface area contributed by atoms with Gasteiger partial charge in [-0.2, -0.15) is 0 Å². The number of aliphatic carboxylic acids is 1. The predicted molar refractivity (Wildman–Crippen MR) is 273 cm³/mol. The molecule has 1 aromatic rings. The number of guanidine groups is 1. The number of likely N-dealkylation sites (N-methyl/N-ethyl adjacent to an activating group) is 1. The van der Waals surface area contributed by atoms with Crippen molar-refractivity contribution >= 4 is 54.7 Å². The van der Waals surface area contributed by atoms with E-state index in [1.807, 2.05) is 51.6 Å². The van der Waals surface area contributed by atoms with Gasteiger partial charge in [0.25, 0.3) is 11.8 Å². The molecule has 0 aliphatic carbocycles. The number of hydrogen-bond acceptors (Lipinski definition) is 11. The van der Waals surface area contributed by atoms with Crippen molar-refractivity contribution in [3.05, 3.63) is 48.0 Å². The van der Waals surface area contributed by atoms with Crippen molar-refractivity contribution < 1.29 is 57.6 Å². The Morgan fingerprint density at radius 3 is 2.06 bits per heavy atom. The first-order chi connectivity index (χ1) is 34.1. The van der Waals surface area contributed by atoms with Crippen LogP contribution in [0, 0.1) is 17.8 Å². The number of likely N-dealkylation sites (tertiary alicyclic amines) is 1. The van der Waals surface area contributed by atoms with E-state index in [9.17, 15) is 48.1 Å². The Kier molecular flexibility index (Phi) is 22.9. The molecule has 0 radical (unpaired) electrons. The van der Waals surface area contributed by atoms with Gasteiger partial charge in [-0.25, -0.2) is 4.99 Å². The molecule has 0 spiro atoms. The lowest BCUT2D eigenvalue weighted by Crippen LogP contribution is -2.56. The molecule has 1 unspecified atom stereocenters. The summed E-state index contributed by atoms with van der Waals surface area (Å²) in [7, 11) is 4.03. The number of unbranched alkanes of at least 4 members (excludes halogenated alkanes) is 2. The van der Waals surface area contributed by atoms with Gasteiger partial charge in [0.1, 0.15) is 18.0 Å². The Labute approximate surface area is 425 Å². The molecule has 9 atom stereocenters. The molecule has 3 aliphatic rings. The van der Waals surface area contributed by atoms with Crippen LogP contribution in [0.5, 0.6) is 0 Å². The lowest BCUT2D eigenvalue weighted by Gasteiger charge is -2.41. The summed E-state index contributed by atoms with van der Waals surface area (Å²) in [4.78, 5) is 118. The molecule has 20 nitrogen and oxygen atoms in total. The highest BCUT2D eigenvalue weighted by atomic mass is 31.2. The zero-order valence-electron chi connectivity index (χ0n) is 44.1. The molecular formula is C51H81N8O12P. The monoisotopic (exact) mass is 1030 g/mol. The number of amides is 6. The Hall–Kier alpha value is -5.17. The minimum Gasteiger partial charge on any atom is -0.481 e. The van der Waals surface area contributed by atoms with E-state index >= 15 is 0 Å². The van der Waals surface area contributed by atoms with E-state index in [0.29, 0.717) is 95.7 Å². The maximum absolute atomic E-state index is 14.8. The van der Waals surface area contributed by atoms with Gasteiger partial charge in [-0.15, -0.1) is 0 Å². The highest BCUT2D eigenvalue weighted by molar-refractivity contribution is 7.59. The molecule has 0 aromatic heterocycles. The van der Waals surface area contributed by atoms with Gasteiger partial charge < -0.3 is 49.3 Å². The number of benzene rings is 1. The summed E-state index contributed by atoms with van der Waals surface area (Å²) in [6, 6.07) is 6.87. The number of carboxylic acid groups (broad SMARTS) is 1. The smallest absolute Gasteiger partial charge is 0.313 e. The van der Waals surface area contributed by atoms with Crippen LogP contribution in [0.4, 0.5) is 0 Å². The van der Waals surface area contributed by atoms with Gasteiger partial charge in [-0.3, -0.25) is 43.0 Å². The molecule has 6 amide bonds. The van der Waals surface area contributed by atoms with Crippen molar-refractivity contribution in [2.24, 2.45) is 22.7 Å². The van der Waals surface area contributed by atoms with Crippen molar-refractivity contribution in [1.29, 1.82) is 0 Å². The highest BCUT2D eigenvalue weighted by Gasteiger charge is 2.44. The van der Waals surface area contributed by atoms with Crippen molar-refractivity contribution in [1.82, 2.24) is 34.7 Å². The van der Waals surface area contributed by atoms with Crippen LogP contribution in [0.25, 0.3) is 0 Å². The van der Waals surface area contributed by atoms with E-state index in [2.05, 4.69) is 10.2 Å². The number of carbonyl (C=O) groups excluding carboxylic acids is 6. The first-order valence-corrected chi connectivity index (χ1v) is 27.3. The largest absolute Gasteiger partial charge is 0.481 e. The van der Waals surface area contributed by atoms with Crippen LogP contribution in [0.15, 0.2) is 47.5 Å². The number of nitrogens with zero attached hydrogens (tertiary/aromatic N) is 7. The Bertz CT molecular complexity index is 2110. The number of ether oxygens (including phenoxy) is 2. The second-order valence-corrected chi connectivity index (χ2v) is 22.4.